The molecule has 0 bridgehead atoms. The maximum atomic E-state index is 5.74. The fourth-order valence-corrected chi connectivity index (χ4v) is 5.95. The molecule has 238 valence electrons. The van der Waals surface area contributed by atoms with Crippen LogP contribution in [0.4, 0.5) is 0 Å². The lowest BCUT2D eigenvalue weighted by molar-refractivity contribution is 0.411. The van der Waals surface area contributed by atoms with Gasteiger partial charge >= 0.3 is 0 Å². The minimum absolute atomic E-state index is 0.806. The normalized spacial score (nSPS) is 10.5. The molecule has 0 saturated carbocycles. The first-order valence-corrected chi connectivity index (χ1v) is 15.8. The summed E-state index contributed by atoms with van der Waals surface area (Å²) in [5.41, 5.74) is 10.4. The van der Waals surface area contributed by atoms with Crippen LogP contribution in [0.2, 0.25) is 0 Å². The van der Waals surface area contributed by atoms with E-state index >= 15 is 0 Å². The van der Waals surface area contributed by atoms with Gasteiger partial charge in [-0.15, -0.1) is 0 Å². The topological polar surface area (TPSA) is 36.9 Å². The van der Waals surface area contributed by atoms with E-state index in [4.69, 9.17) is 18.9 Å². The zero-order valence-electron chi connectivity index (χ0n) is 27.6. The zero-order valence-corrected chi connectivity index (χ0v) is 27.6. The predicted molar refractivity (Wildman–Crippen MR) is 198 cm³/mol. The largest absolute Gasteiger partial charge is 0.496 e. The fraction of sp³-hybridized carbons (Fsp3) is 0.0909. The van der Waals surface area contributed by atoms with Gasteiger partial charge in [-0.1, -0.05) is 121 Å². The molecule has 48 heavy (non-hydrogen) atoms. The Kier molecular flexibility index (Phi) is 10.0. The molecule has 0 aromatic heterocycles. The number of ether oxygens (including phenoxy) is 4. The summed E-state index contributed by atoms with van der Waals surface area (Å²) in [6, 6.07) is 49.5. The molecule has 0 heterocycles. The van der Waals surface area contributed by atoms with Gasteiger partial charge in [0.05, 0.1) is 28.4 Å². The van der Waals surface area contributed by atoms with Crippen LogP contribution in [0.1, 0.15) is 33.4 Å². The van der Waals surface area contributed by atoms with Crippen LogP contribution in [0, 0.1) is 0 Å². The first kappa shape index (κ1) is 32.0. The Hall–Kier alpha value is -6.00. The molecule has 0 unspecified atom stereocenters. The van der Waals surface area contributed by atoms with Crippen molar-refractivity contribution in [2.75, 3.05) is 28.4 Å². The lowest BCUT2D eigenvalue weighted by Crippen LogP contribution is -1.96. The molecule has 0 atom stereocenters. The average molecular weight is 631 g/mol. The second-order valence-electron chi connectivity index (χ2n) is 11.2. The molecule has 0 radical (unpaired) electrons. The third-order valence-electron chi connectivity index (χ3n) is 8.37. The first-order chi connectivity index (χ1) is 23.6. The van der Waals surface area contributed by atoms with E-state index in [1.54, 1.807) is 28.4 Å². The molecule has 6 rings (SSSR count). The van der Waals surface area contributed by atoms with Crippen LogP contribution < -0.4 is 18.9 Å². The third kappa shape index (κ3) is 6.89. The van der Waals surface area contributed by atoms with Gasteiger partial charge in [0, 0.05) is 22.3 Å². The summed E-state index contributed by atoms with van der Waals surface area (Å²) < 4.78 is 23.0. The lowest BCUT2D eigenvalue weighted by Gasteiger charge is -2.16. The van der Waals surface area contributed by atoms with Gasteiger partial charge in [0.2, 0.25) is 0 Å². The van der Waals surface area contributed by atoms with Gasteiger partial charge < -0.3 is 18.9 Å². The molecule has 0 fully saturated rings. The van der Waals surface area contributed by atoms with E-state index in [0.717, 1.165) is 78.7 Å². The van der Waals surface area contributed by atoms with E-state index in [-0.39, 0.29) is 0 Å². The lowest BCUT2D eigenvalue weighted by atomic mass is 9.93. The molecule has 0 aliphatic heterocycles. The van der Waals surface area contributed by atoms with Crippen molar-refractivity contribution < 1.29 is 18.9 Å². The molecule has 0 N–H and O–H groups in total. The maximum Gasteiger partial charge on any atom is 0.126 e. The fourth-order valence-electron chi connectivity index (χ4n) is 5.95. The highest BCUT2D eigenvalue weighted by Crippen LogP contribution is 2.39. The highest BCUT2D eigenvalue weighted by molar-refractivity contribution is 5.96. The van der Waals surface area contributed by atoms with E-state index < -0.39 is 0 Å². The number of methoxy groups -OCH3 is 4. The number of hydrogen-bond donors (Lipinski definition) is 0. The molecule has 0 spiro atoms. The second-order valence-corrected chi connectivity index (χ2v) is 11.2. The Bertz CT molecular complexity index is 1800. The third-order valence-corrected chi connectivity index (χ3v) is 8.37. The van der Waals surface area contributed by atoms with Crippen molar-refractivity contribution in [2.45, 2.75) is 0 Å². The quantitative estimate of drug-likeness (QED) is 0.134. The van der Waals surface area contributed by atoms with E-state index in [0.29, 0.717) is 0 Å². The molecule has 4 heteroatoms. The molecule has 4 nitrogen and oxygen atoms in total. The molecule has 6 aromatic rings. The monoisotopic (exact) mass is 630 g/mol. The first-order valence-electron chi connectivity index (χ1n) is 15.8. The van der Waals surface area contributed by atoms with Gasteiger partial charge in [0.25, 0.3) is 0 Å². The van der Waals surface area contributed by atoms with Gasteiger partial charge in [0.15, 0.2) is 0 Å². The van der Waals surface area contributed by atoms with Crippen LogP contribution in [0.25, 0.3) is 34.4 Å². The van der Waals surface area contributed by atoms with Crippen LogP contribution in [-0.4, -0.2) is 28.4 Å². The van der Waals surface area contributed by atoms with Crippen molar-refractivity contribution in [3.05, 3.63) is 179 Å². The van der Waals surface area contributed by atoms with E-state index in [2.05, 4.69) is 84.9 Å². The van der Waals surface area contributed by atoms with Gasteiger partial charge in [-0.3, -0.25) is 0 Å². The Balaban J connectivity index is 1.34. The zero-order chi connectivity index (χ0) is 33.3. The Morgan fingerprint density at radius 2 is 0.583 bits per heavy atom. The number of rotatable bonds is 11. The highest BCUT2D eigenvalue weighted by atomic mass is 16.5. The maximum absolute atomic E-state index is 5.74. The van der Waals surface area contributed by atoms with Crippen LogP contribution in [0.15, 0.2) is 146 Å². The van der Waals surface area contributed by atoms with Crippen molar-refractivity contribution in [1.29, 1.82) is 0 Å². The molecular formula is C44H38O4. The summed E-state index contributed by atoms with van der Waals surface area (Å²) in [5.74, 6) is 3.22. The summed E-state index contributed by atoms with van der Waals surface area (Å²) in [6.07, 6.45) is 4.37. The number of hydrogen-bond acceptors (Lipinski definition) is 4. The summed E-state index contributed by atoms with van der Waals surface area (Å²) in [7, 11) is 6.80. The van der Waals surface area contributed by atoms with Crippen LogP contribution in [0.5, 0.6) is 23.0 Å². The van der Waals surface area contributed by atoms with Crippen LogP contribution >= 0.6 is 0 Å². The van der Waals surface area contributed by atoms with Gasteiger partial charge in [-0.25, -0.2) is 0 Å². The summed E-state index contributed by atoms with van der Waals surface area (Å²) in [4.78, 5) is 0. The second kappa shape index (κ2) is 15.1. The van der Waals surface area contributed by atoms with E-state index in [1.807, 2.05) is 72.8 Å². The minimum Gasteiger partial charge on any atom is -0.496 e. The Morgan fingerprint density at radius 3 is 0.833 bits per heavy atom. The highest BCUT2D eigenvalue weighted by Gasteiger charge is 2.16. The summed E-state index contributed by atoms with van der Waals surface area (Å²) >= 11 is 0. The minimum atomic E-state index is 0.806. The van der Waals surface area contributed by atoms with Crippen LogP contribution in [-0.2, 0) is 0 Å². The molecular weight excluding hydrogens is 592 g/mol. The average Bonchev–Trinajstić information content (AvgIpc) is 3.16. The van der Waals surface area contributed by atoms with Gasteiger partial charge in [0.1, 0.15) is 23.0 Å². The van der Waals surface area contributed by atoms with Gasteiger partial charge in [-0.2, -0.15) is 0 Å². The van der Waals surface area contributed by atoms with Crippen molar-refractivity contribution in [3.63, 3.8) is 0 Å². The Labute approximate surface area is 283 Å². The number of benzene rings is 6. The molecule has 0 saturated heterocycles. The SMILES string of the molecule is COc1ccccc1C(=Cc1ccc(-c2ccc(C=C(c3ccccc3OC)c3ccccc3OC)cc2)cc1)c1ccccc1OC. The van der Waals surface area contributed by atoms with Crippen LogP contribution in [0.3, 0.4) is 0 Å². The molecule has 0 amide bonds. The van der Waals surface area contributed by atoms with Crippen molar-refractivity contribution in [1.82, 2.24) is 0 Å². The molecule has 6 aromatic carbocycles. The van der Waals surface area contributed by atoms with Crippen molar-refractivity contribution >= 4 is 23.3 Å². The summed E-state index contributed by atoms with van der Waals surface area (Å²) in [6.45, 7) is 0. The smallest absolute Gasteiger partial charge is 0.126 e. The Morgan fingerprint density at radius 1 is 0.333 bits per heavy atom. The van der Waals surface area contributed by atoms with Gasteiger partial charge in [-0.05, 0) is 69.8 Å². The standard InChI is InChI=1S/C44H38O4/c1-45-41-17-9-5-13-35(41)39(36-14-6-10-18-42(36)46-2)29-31-21-25-33(26-22-31)34-27-23-32(24-28-34)30-40(37-15-7-11-19-43(37)47-3)38-16-8-12-20-44(38)48-4/h5-30H,1-4H3. The molecule has 0 aliphatic carbocycles. The van der Waals surface area contributed by atoms with E-state index in [1.165, 1.54) is 0 Å². The van der Waals surface area contributed by atoms with Crippen molar-refractivity contribution in [2.24, 2.45) is 0 Å². The predicted octanol–water partition coefficient (Wildman–Crippen LogP) is 10.6. The van der Waals surface area contributed by atoms with Crippen molar-refractivity contribution in [3.8, 4) is 34.1 Å². The van der Waals surface area contributed by atoms with E-state index in [9.17, 15) is 0 Å². The summed E-state index contributed by atoms with van der Waals surface area (Å²) in [5, 5.41) is 0. The molecule has 0 aliphatic rings. The number of para-hydroxylation sites is 4.